The SMILES string of the molecule is COc1cc(C(=O)C(=O)NCc2ccccc2)cc(OC)c1OC. The Bertz CT molecular complexity index is 702. The van der Waals surface area contributed by atoms with E-state index in [-0.39, 0.29) is 12.1 Å². The Morgan fingerprint density at radius 1 is 0.917 bits per heavy atom. The molecule has 0 aliphatic rings. The van der Waals surface area contributed by atoms with Crippen molar-refractivity contribution in [3.63, 3.8) is 0 Å². The molecule has 0 atom stereocenters. The van der Waals surface area contributed by atoms with Gasteiger partial charge in [-0.05, 0) is 17.7 Å². The second-order valence-corrected chi connectivity index (χ2v) is 4.91. The van der Waals surface area contributed by atoms with Gasteiger partial charge in [-0.25, -0.2) is 0 Å². The maximum absolute atomic E-state index is 12.3. The maximum atomic E-state index is 12.3. The van der Waals surface area contributed by atoms with E-state index < -0.39 is 11.7 Å². The van der Waals surface area contributed by atoms with Crippen molar-refractivity contribution >= 4 is 11.7 Å². The van der Waals surface area contributed by atoms with E-state index in [2.05, 4.69) is 5.32 Å². The molecule has 0 aliphatic carbocycles. The highest BCUT2D eigenvalue weighted by Gasteiger charge is 2.21. The van der Waals surface area contributed by atoms with Crippen LogP contribution in [0, 0.1) is 0 Å². The fourth-order valence-corrected chi connectivity index (χ4v) is 2.20. The average Bonchev–Trinajstić information content (AvgIpc) is 2.64. The average molecular weight is 329 g/mol. The molecule has 0 fully saturated rings. The maximum Gasteiger partial charge on any atom is 0.292 e. The summed E-state index contributed by atoms with van der Waals surface area (Å²) in [5, 5.41) is 2.60. The minimum Gasteiger partial charge on any atom is -0.493 e. The van der Waals surface area contributed by atoms with Crippen LogP contribution < -0.4 is 19.5 Å². The predicted octanol–water partition coefficient (Wildman–Crippen LogP) is 2.21. The van der Waals surface area contributed by atoms with E-state index in [1.54, 1.807) is 0 Å². The van der Waals surface area contributed by atoms with Crippen LogP contribution in [-0.2, 0) is 11.3 Å². The van der Waals surface area contributed by atoms with E-state index >= 15 is 0 Å². The van der Waals surface area contributed by atoms with Crippen molar-refractivity contribution in [2.24, 2.45) is 0 Å². The zero-order chi connectivity index (χ0) is 17.5. The summed E-state index contributed by atoms with van der Waals surface area (Å²) in [5.41, 5.74) is 1.07. The number of benzene rings is 2. The van der Waals surface area contributed by atoms with Gasteiger partial charge in [-0.2, -0.15) is 0 Å². The lowest BCUT2D eigenvalue weighted by Crippen LogP contribution is -2.30. The lowest BCUT2D eigenvalue weighted by molar-refractivity contribution is -0.117. The van der Waals surface area contributed by atoms with Gasteiger partial charge in [-0.3, -0.25) is 9.59 Å². The second kappa shape index (κ2) is 8.01. The summed E-state index contributed by atoms with van der Waals surface area (Å²) >= 11 is 0. The van der Waals surface area contributed by atoms with Gasteiger partial charge in [0.1, 0.15) is 0 Å². The summed E-state index contributed by atoms with van der Waals surface area (Å²) in [5.74, 6) is -0.383. The third-order valence-electron chi connectivity index (χ3n) is 3.43. The van der Waals surface area contributed by atoms with Crippen molar-refractivity contribution in [2.75, 3.05) is 21.3 Å². The molecule has 0 saturated heterocycles. The van der Waals surface area contributed by atoms with Crippen molar-refractivity contribution < 1.29 is 23.8 Å². The fourth-order valence-electron chi connectivity index (χ4n) is 2.20. The number of hydrogen-bond donors (Lipinski definition) is 1. The molecule has 24 heavy (non-hydrogen) atoms. The van der Waals surface area contributed by atoms with Crippen LogP contribution in [0.25, 0.3) is 0 Å². The normalized spacial score (nSPS) is 9.96. The van der Waals surface area contributed by atoms with Crippen molar-refractivity contribution in [3.05, 3.63) is 53.6 Å². The third-order valence-corrected chi connectivity index (χ3v) is 3.43. The van der Waals surface area contributed by atoms with Gasteiger partial charge in [-0.1, -0.05) is 30.3 Å². The highest BCUT2D eigenvalue weighted by atomic mass is 16.5. The molecule has 2 aromatic rings. The quantitative estimate of drug-likeness (QED) is 0.623. The lowest BCUT2D eigenvalue weighted by Gasteiger charge is -2.13. The third kappa shape index (κ3) is 3.84. The summed E-state index contributed by atoms with van der Waals surface area (Å²) in [7, 11) is 4.36. The first-order valence-electron chi connectivity index (χ1n) is 7.27. The van der Waals surface area contributed by atoms with E-state index in [0.717, 1.165) is 5.56 Å². The van der Waals surface area contributed by atoms with E-state index in [1.165, 1.54) is 33.5 Å². The van der Waals surface area contributed by atoms with Crippen LogP contribution in [0.15, 0.2) is 42.5 Å². The molecule has 0 bridgehead atoms. The van der Waals surface area contributed by atoms with Gasteiger partial charge in [0, 0.05) is 12.1 Å². The monoisotopic (exact) mass is 329 g/mol. The Morgan fingerprint density at radius 3 is 2.00 bits per heavy atom. The van der Waals surface area contributed by atoms with E-state index in [9.17, 15) is 9.59 Å². The van der Waals surface area contributed by atoms with E-state index in [1.807, 2.05) is 30.3 Å². The number of rotatable bonds is 7. The topological polar surface area (TPSA) is 73.9 Å². The van der Waals surface area contributed by atoms with Crippen molar-refractivity contribution in [1.82, 2.24) is 5.32 Å². The van der Waals surface area contributed by atoms with Crippen LogP contribution >= 0.6 is 0 Å². The molecule has 0 heterocycles. The molecule has 6 heteroatoms. The smallest absolute Gasteiger partial charge is 0.292 e. The number of Topliss-reactive ketones (excluding diaryl/α,β-unsaturated/α-hetero) is 1. The Hall–Kier alpha value is -3.02. The summed E-state index contributed by atoms with van der Waals surface area (Å²) in [4.78, 5) is 24.4. The summed E-state index contributed by atoms with van der Waals surface area (Å²) < 4.78 is 15.6. The van der Waals surface area contributed by atoms with Gasteiger partial charge in [0.15, 0.2) is 11.5 Å². The number of methoxy groups -OCH3 is 3. The summed E-state index contributed by atoms with van der Waals surface area (Å²) in [6.07, 6.45) is 0. The van der Waals surface area contributed by atoms with Gasteiger partial charge in [0.2, 0.25) is 11.5 Å². The van der Waals surface area contributed by atoms with E-state index in [0.29, 0.717) is 17.2 Å². The van der Waals surface area contributed by atoms with Crippen LogP contribution in [-0.4, -0.2) is 33.0 Å². The highest BCUT2D eigenvalue weighted by molar-refractivity contribution is 6.42. The predicted molar refractivity (Wildman–Crippen MR) is 88.7 cm³/mol. The van der Waals surface area contributed by atoms with Gasteiger partial charge in [0.05, 0.1) is 21.3 Å². The molecular formula is C18H19NO5. The molecule has 0 spiro atoms. The van der Waals surface area contributed by atoms with Gasteiger partial charge < -0.3 is 19.5 Å². The van der Waals surface area contributed by atoms with Gasteiger partial charge >= 0.3 is 0 Å². The minimum absolute atomic E-state index is 0.162. The van der Waals surface area contributed by atoms with Crippen LogP contribution in [0.4, 0.5) is 0 Å². The fraction of sp³-hybridized carbons (Fsp3) is 0.222. The van der Waals surface area contributed by atoms with Crippen LogP contribution in [0.2, 0.25) is 0 Å². The van der Waals surface area contributed by atoms with Crippen LogP contribution in [0.1, 0.15) is 15.9 Å². The number of carbonyl (C=O) groups is 2. The molecule has 2 aromatic carbocycles. The van der Waals surface area contributed by atoms with Gasteiger partial charge in [-0.15, -0.1) is 0 Å². The number of carbonyl (C=O) groups excluding carboxylic acids is 2. The zero-order valence-electron chi connectivity index (χ0n) is 13.8. The van der Waals surface area contributed by atoms with Gasteiger partial charge in [0.25, 0.3) is 5.91 Å². The molecule has 0 saturated carbocycles. The molecule has 1 N–H and O–H groups in total. The Morgan fingerprint density at radius 2 is 1.50 bits per heavy atom. The molecule has 0 aromatic heterocycles. The largest absolute Gasteiger partial charge is 0.493 e. The second-order valence-electron chi connectivity index (χ2n) is 4.91. The number of ketones is 1. The van der Waals surface area contributed by atoms with Crippen LogP contribution in [0.3, 0.4) is 0 Å². The number of amides is 1. The Kier molecular flexibility index (Phi) is 5.78. The summed E-state index contributed by atoms with van der Waals surface area (Å²) in [6, 6.07) is 12.2. The molecule has 6 nitrogen and oxygen atoms in total. The Balaban J connectivity index is 2.17. The molecule has 0 aliphatic heterocycles. The molecular weight excluding hydrogens is 310 g/mol. The Labute approximate surface area is 140 Å². The zero-order valence-corrected chi connectivity index (χ0v) is 13.8. The standard InChI is InChI=1S/C18H19NO5/c1-22-14-9-13(10-15(23-2)17(14)24-3)16(20)18(21)19-11-12-7-5-4-6-8-12/h4-10H,11H2,1-3H3,(H,19,21). The molecule has 0 radical (unpaired) electrons. The minimum atomic E-state index is -0.701. The molecule has 2 rings (SSSR count). The lowest BCUT2D eigenvalue weighted by atomic mass is 10.1. The summed E-state index contributed by atoms with van der Waals surface area (Å²) in [6.45, 7) is 0.274. The first-order chi connectivity index (χ1) is 11.6. The molecule has 126 valence electrons. The number of ether oxygens (including phenoxy) is 3. The van der Waals surface area contributed by atoms with Crippen molar-refractivity contribution in [2.45, 2.75) is 6.54 Å². The first kappa shape index (κ1) is 17.3. The molecule has 0 unspecified atom stereocenters. The highest BCUT2D eigenvalue weighted by Crippen LogP contribution is 2.38. The first-order valence-corrected chi connectivity index (χ1v) is 7.27. The van der Waals surface area contributed by atoms with Crippen molar-refractivity contribution in [3.8, 4) is 17.2 Å². The number of hydrogen-bond acceptors (Lipinski definition) is 5. The number of nitrogens with one attached hydrogen (secondary N) is 1. The van der Waals surface area contributed by atoms with E-state index in [4.69, 9.17) is 14.2 Å². The van der Waals surface area contributed by atoms with Crippen molar-refractivity contribution in [1.29, 1.82) is 0 Å². The molecule has 1 amide bonds. The van der Waals surface area contributed by atoms with Crippen LogP contribution in [0.5, 0.6) is 17.2 Å².